The highest BCUT2D eigenvalue weighted by Gasteiger charge is 2.31. The predicted octanol–water partition coefficient (Wildman–Crippen LogP) is 3.44. The lowest BCUT2D eigenvalue weighted by Crippen LogP contribution is -2.50. The van der Waals surface area contributed by atoms with Crippen molar-refractivity contribution in [2.24, 2.45) is 11.8 Å². The highest BCUT2D eigenvalue weighted by molar-refractivity contribution is 6.30. The van der Waals surface area contributed by atoms with Crippen molar-refractivity contribution in [1.82, 2.24) is 16.0 Å². The number of hydrogen-bond acceptors (Lipinski definition) is 5. The number of ether oxygens (including phenoxy) is 1. The van der Waals surface area contributed by atoms with Gasteiger partial charge in [-0.3, -0.25) is 9.59 Å². The summed E-state index contributed by atoms with van der Waals surface area (Å²) in [7, 11) is 0. The second kappa shape index (κ2) is 12.4. The van der Waals surface area contributed by atoms with E-state index in [4.69, 9.17) is 16.3 Å². The van der Waals surface area contributed by atoms with E-state index >= 15 is 0 Å². The predicted molar refractivity (Wildman–Crippen MR) is 123 cm³/mol. The van der Waals surface area contributed by atoms with Gasteiger partial charge in [-0.1, -0.05) is 55.8 Å². The minimum atomic E-state index is -0.812. The Morgan fingerprint density at radius 3 is 2.64 bits per heavy atom. The Kier molecular flexibility index (Phi) is 9.37. The van der Waals surface area contributed by atoms with E-state index in [2.05, 4.69) is 22.0 Å². The van der Waals surface area contributed by atoms with Crippen LogP contribution in [0.1, 0.15) is 56.9 Å². The minimum Gasteiger partial charge on any atom is -0.445 e. The molecule has 2 fully saturated rings. The molecule has 3 atom stereocenters. The van der Waals surface area contributed by atoms with Crippen LogP contribution in [0.25, 0.3) is 0 Å². The Balaban J connectivity index is 1.59. The van der Waals surface area contributed by atoms with Crippen molar-refractivity contribution >= 4 is 29.5 Å². The van der Waals surface area contributed by atoms with Crippen molar-refractivity contribution in [2.45, 2.75) is 70.1 Å². The van der Waals surface area contributed by atoms with Gasteiger partial charge >= 0.3 is 6.09 Å². The standard InChI is InChI=1S/C24H31ClN4O4/c25-19-8-4-7-17(11-19)15-33-24(32)29-21(12-16-5-2-1-3-6-16)23(31)28-20(14-26)13-18-9-10-27-22(18)30/h4,7-8,11,16,18,20-21H,1-3,5-6,9-10,12-13,15H2,(H,27,30)(H,28,31)(H,29,32)/t18-,20-,21-/m0/s1. The van der Waals surface area contributed by atoms with Gasteiger partial charge in [0.25, 0.3) is 0 Å². The van der Waals surface area contributed by atoms with E-state index in [0.29, 0.717) is 30.3 Å². The van der Waals surface area contributed by atoms with Crippen LogP contribution < -0.4 is 16.0 Å². The number of carbonyl (C=O) groups excluding carboxylic acids is 3. The first-order valence-electron chi connectivity index (χ1n) is 11.6. The van der Waals surface area contributed by atoms with E-state index in [9.17, 15) is 19.6 Å². The molecule has 0 unspecified atom stereocenters. The Hall–Kier alpha value is -2.79. The molecule has 8 nitrogen and oxygen atoms in total. The average molecular weight is 475 g/mol. The SMILES string of the molecule is N#C[C@H](C[C@@H]1CCNC1=O)NC(=O)[C@H](CC1CCCCC1)NC(=O)OCc1cccc(Cl)c1. The Morgan fingerprint density at radius 1 is 1.18 bits per heavy atom. The molecule has 3 rings (SSSR count). The molecule has 1 saturated carbocycles. The smallest absolute Gasteiger partial charge is 0.408 e. The van der Waals surface area contributed by atoms with Crippen LogP contribution in [0.3, 0.4) is 0 Å². The van der Waals surface area contributed by atoms with Gasteiger partial charge in [0, 0.05) is 17.5 Å². The van der Waals surface area contributed by atoms with Gasteiger partial charge in [0.2, 0.25) is 11.8 Å². The van der Waals surface area contributed by atoms with Gasteiger partial charge in [-0.15, -0.1) is 0 Å². The summed E-state index contributed by atoms with van der Waals surface area (Å²) in [4.78, 5) is 37.4. The number of rotatable bonds is 9. The zero-order chi connectivity index (χ0) is 23.6. The number of halogens is 1. The molecule has 1 aromatic carbocycles. The lowest BCUT2D eigenvalue weighted by Gasteiger charge is -2.27. The molecule has 2 aliphatic rings. The van der Waals surface area contributed by atoms with Gasteiger partial charge in [0.15, 0.2) is 0 Å². The van der Waals surface area contributed by atoms with Crippen LogP contribution >= 0.6 is 11.6 Å². The number of nitriles is 1. The van der Waals surface area contributed by atoms with Crippen molar-refractivity contribution in [3.05, 3.63) is 34.9 Å². The number of alkyl carbamates (subject to hydrolysis) is 1. The normalized spacial score (nSPS) is 20.2. The summed E-state index contributed by atoms with van der Waals surface area (Å²) in [6.45, 7) is 0.613. The molecule has 33 heavy (non-hydrogen) atoms. The average Bonchev–Trinajstić information content (AvgIpc) is 3.21. The minimum absolute atomic E-state index is 0.0295. The van der Waals surface area contributed by atoms with Crippen molar-refractivity contribution in [3.63, 3.8) is 0 Å². The maximum absolute atomic E-state index is 13.0. The summed E-state index contributed by atoms with van der Waals surface area (Å²) >= 11 is 5.97. The molecule has 9 heteroatoms. The van der Waals surface area contributed by atoms with Crippen molar-refractivity contribution in [2.75, 3.05) is 6.54 Å². The Labute approximate surface area is 199 Å². The first-order valence-corrected chi connectivity index (χ1v) is 12.0. The molecule has 0 bridgehead atoms. The summed E-state index contributed by atoms with van der Waals surface area (Å²) in [5, 5.41) is 18.2. The Morgan fingerprint density at radius 2 is 1.97 bits per heavy atom. The fourth-order valence-electron chi connectivity index (χ4n) is 4.52. The highest BCUT2D eigenvalue weighted by Crippen LogP contribution is 2.27. The van der Waals surface area contributed by atoms with E-state index in [-0.39, 0.29) is 24.9 Å². The summed E-state index contributed by atoms with van der Waals surface area (Å²) in [6, 6.07) is 7.46. The molecule has 0 radical (unpaired) electrons. The molecule has 0 aromatic heterocycles. The van der Waals surface area contributed by atoms with Crippen LogP contribution in [-0.2, 0) is 20.9 Å². The van der Waals surface area contributed by atoms with E-state index in [0.717, 1.165) is 31.2 Å². The summed E-state index contributed by atoms with van der Waals surface area (Å²) in [5.74, 6) is -0.484. The second-order valence-corrected chi connectivity index (χ2v) is 9.28. The van der Waals surface area contributed by atoms with E-state index in [1.807, 2.05) is 0 Å². The van der Waals surface area contributed by atoms with Gasteiger partial charge in [-0.2, -0.15) is 5.26 Å². The second-order valence-electron chi connectivity index (χ2n) is 8.85. The summed E-state index contributed by atoms with van der Waals surface area (Å²) in [6.07, 6.45) is 6.10. The lowest BCUT2D eigenvalue weighted by atomic mass is 9.84. The van der Waals surface area contributed by atoms with E-state index in [1.165, 1.54) is 6.42 Å². The maximum Gasteiger partial charge on any atom is 0.408 e. The first-order chi connectivity index (χ1) is 15.9. The number of benzene rings is 1. The molecule has 3 N–H and O–H groups in total. The van der Waals surface area contributed by atoms with E-state index in [1.54, 1.807) is 24.3 Å². The van der Waals surface area contributed by atoms with Crippen molar-refractivity contribution in [3.8, 4) is 6.07 Å². The molecule has 3 amide bonds. The fourth-order valence-corrected chi connectivity index (χ4v) is 4.73. The van der Waals surface area contributed by atoms with Gasteiger partial charge in [0.1, 0.15) is 18.7 Å². The van der Waals surface area contributed by atoms with Crippen LogP contribution in [0.2, 0.25) is 5.02 Å². The third-order valence-corrected chi connectivity index (χ3v) is 6.55. The third kappa shape index (κ3) is 7.93. The topological polar surface area (TPSA) is 120 Å². The van der Waals surface area contributed by atoms with Crippen molar-refractivity contribution in [1.29, 1.82) is 5.26 Å². The van der Waals surface area contributed by atoms with Crippen LogP contribution in [0.4, 0.5) is 4.79 Å². The molecule has 1 heterocycles. The van der Waals surface area contributed by atoms with Crippen LogP contribution in [0, 0.1) is 23.2 Å². The fraction of sp³-hybridized carbons (Fsp3) is 0.583. The molecule has 1 aliphatic heterocycles. The maximum atomic E-state index is 13.0. The number of amides is 3. The third-order valence-electron chi connectivity index (χ3n) is 6.32. The van der Waals surface area contributed by atoms with Crippen molar-refractivity contribution < 1.29 is 19.1 Å². The largest absolute Gasteiger partial charge is 0.445 e. The molecular formula is C24H31ClN4O4. The highest BCUT2D eigenvalue weighted by atomic mass is 35.5. The quantitative estimate of drug-likeness (QED) is 0.506. The van der Waals surface area contributed by atoms with Crippen LogP contribution in [-0.4, -0.2) is 36.5 Å². The van der Waals surface area contributed by atoms with Gasteiger partial charge < -0.3 is 20.7 Å². The monoisotopic (exact) mass is 474 g/mol. The lowest BCUT2D eigenvalue weighted by molar-refractivity contribution is -0.125. The zero-order valence-electron chi connectivity index (χ0n) is 18.6. The van der Waals surface area contributed by atoms with Crippen LogP contribution in [0.5, 0.6) is 0 Å². The molecule has 1 aromatic rings. The summed E-state index contributed by atoms with van der Waals surface area (Å²) in [5.41, 5.74) is 0.741. The number of nitrogens with zero attached hydrogens (tertiary/aromatic N) is 1. The summed E-state index contributed by atoms with van der Waals surface area (Å²) < 4.78 is 5.30. The molecule has 0 spiro atoms. The molecule has 1 aliphatic carbocycles. The molecule has 1 saturated heterocycles. The number of nitrogens with one attached hydrogen (secondary N) is 3. The first kappa shape index (κ1) is 24.8. The zero-order valence-corrected chi connectivity index (χ0v) is 19.4. The van der Waals surface area contributed by atoms with E-state index < -0.39 is 24.1 Å². The molecule has 178 valence electrons. The van der Waals surface area contributed by atoms with Gasteiger partial charge in [-0.05, 0) is 42.9 Å². The Bertz CT molecular complexity index is 881. The van der Waals surface area contributed by atoms with Crippen LogP contribution in [0.15, 0.2) is 24.3 Å². The number of carbonyl (C=O) groups is 3. The van der Waals surface area contributed by atoms with Gasteiger partial charge in [0.05, 0.1) is 6.07 Å². The molecular weight excluding hydrogens is 444 g/mol. The number of hydrogen-bond donors (Lipinski definition) is 3. The van der Waals surface area contributed by atoms with Gasteiger partial charge in [-0.25, -0.2) is 4.79 Å².